The molecule has 5 nitrogen and oxygen atoms in total. The van der Waals surface area contributed by atoms with E-state index in [-0.39, 0.29) is 0 Å². The van der Waals surface area contributed by atoms with Crippen molar-refractivity contribution in [2.45, 2.75) is 18.8 Å². The molecule has 4 rings (SSSR count). The Bertz CT molecular complexity index is 964. The Kier molecular flexibility index (Phi) is 3.70. The van der Waals surface area contributed by atoms with Crippen LogP contribution in [0.2, 0.25) is 10.0 Å². The Balaban J connectivity index is 1.92. The van der Waals surface area contributed by atoms with Crippen molar-refractivity contribution >= 4 is 34.8 Å². The lowest BCUT2D eigenvalue weighted by atomic mass is 10.1. The number of benzene rings is 1. The van der Waals surface area contributed by atoms with Crippen molar-refractivity contribution in [2.75, 3.05) is 7.11 Å². The van der Waals surface area contributed by atoms with Gasteiger partial charge in [-0.05, 0) is 31.0 Å². The van der Waals surface area contributed by atoms with Gasteiger partial charge >= 0.3 is 5.97 Å². The van der Waals surface area contributed by atoms with E-state index < -0.39 is 5.97 Å². The van der Waals surface area contributed by atoms with Gasteiger partial charge in [0.25, 0.3) is 0 Å². The van der Waals surface area contributed by atoms with Gasteiger partial charge in [0.1, 0.15) is 0 Å². The molecule has 1 aromatic carbocycles. The highest BCUT2D eigenvalue weighted by atomic mass is 35.5. The van der Waals surface area contributed by atoms with Crippen molar-refractivity contribution in [1.29, 1.82) is 0 Å². The number of esters is 1. The third-order valence-electron chi connectivity index (χ3n) is 4.05. The minimum Gasteiger partial charge on any atom is -0.464 e. The van der Waals surface area contributed by atoms with E-state index >= 15 is 0 Å². The number of aromatic nitrogens is 3. The van der Waals surface area contributed by atoms with E-state index in [4.69, 9.17) is 27.9 Å². The summed E-state index contributed by atoms with van der Waals surface area (Å²) in [7, 11) is 1.35. The molecule has 1 aliphatic rings. The number of hydrogen-bond acceptors (Lipinski definition) is 4. The van der Waals surface area contributed by atoms with Crippen LogP contribution in [-0.2, 0) is 4.74 Å². The van der Waals surface area contributed by atoms with Gasteiger partial charge in [-0.1, -0.05) is 29.3 Å². The molecule has 1 saturated carbocycles. The fraction of sp³-hybridized carbons (Fsp3) is 0.235. The number of hydrogen-bond donors (Lipinski definition) is 0. The molecule has 0 amide bonds. The van der Waals surface area contributed by atoms with Gasteiger partial charge in [0.05, 0.1) is 28.5 Å². The number of carbonyl (C=O) groups excluding carboxylic acids is 1. The van der Waals surface area contributed by atoms with E-state index in [9.17, 15) is 4.79 Å². The number of nitrogens with zero attached hydrogens (tertiary/aromatic N) is 3. The number of methoxy groups -OCH3 is 1. The first-order valence-electron chi connectivity index (χ1n) is 7.51. The first kappa shape index (κ1) is 15.4. The maximum atomic E-state index is 12.2. The molecular weight excluding hydrogens is 349 g/mol. The smallest absolute Gasteiger partial charge is 0.356 e. The molecule has 24 heavy (non-hydrogen) atoms. The van der Waals surface area contributed by atoms with Crippen LogP contribution in [-0.4, -0.2) is 27.7 Å². The van der Waals surface area contributed by atoms with Crippen LogP contribution < -0.4 is 0 Å². The van der Waals surface area contributed by atoms with Gasteiger partial charge in [0.2, 0.25) is 0 Å². The number of fused-ring (bicyclic) bond motifs is 1. The first-order chi connectivity index (χ1) is 11.6. The number of rotatable bonds is 3. The van der Waals surface area contributed by atoms with Gasteiger partial charge in [0, 0.05) is 17.5 Å². The second kappa shape index (κ2) is 5.76. The van der Waals surface area contributed by atoms with Gasteiger partial charge in [-0.2, -0.15) is 5.10 Å². The van der Waals surface area contributed by atoms with Crippen molar-refractivity contribution in [2.24, 2.45) is 0 Å². The van der Waals surface area contributed by atoms with E-state index in [0.29, 0.717) is 33.0 Å². The van der Waals surface area contributed by atoms with Crippen LogP contribution in [0, 0.1) is 0 Å². The highest BCUT2D eigenvalue weighted by Gasteiger charge is 2.28. The molecular formula is C17H13Cl2N3O2. The average molecular weight is 362 g/mol. The van der Waals surface area contributed by atoms with Crippen LogP contribution in [0.1, 0.15) is 34.9 Å². The summed E-state index contributed by atoms with van der Waals surface area (Å²) in [6, 6.07) is 8.82. The molecule has 0 bridgehead atoms. The van der Waals surface area contributed by atoms with Crippen LogP contribution in [0.15, 0.2) is 30.3 Å². The quantitative estimate of drug-likeness (QED) is 0.650. The van der Waals surface area contributed by atoms with Crippen LogP contribution in [0.25, 0.3) is 16.9 Å². The largest absolute Gasteiger partial charge is 0.464 e. The summed E-state index contributed by atoms with van der Waals surface area (Å²) in [6.07, 6.45) is 2.24. The third-order valence-corrected chi connectivity index (χ3v) is 4.79. The molecule has 0 spiro atoms. The van der Waals surface area contributed by atoms with Crippen LogP contribution in [0.4, 0.5) is 0 Å². The summed E-state index contributed by atoms with van der Waals surface area (Å²) in [4.78, 5) is 16.8. The van der Waals surface area contributed by atoms with Gasteiger partial charge in [0.15, 0.2) is 11.3 Å². The molecule has 0 atom stereocenters. The molecule has 2 heterocycles. The topological polar surface area (TPSA) is 56.5 Å². The van der Waals surface area contributed by atoms with Gasteiger partial charge < -0.3 is 4.74 Å². The van der Waals surface area contributed by atoms with E-state index in [0.717, 1.165) is 24.1 Å². The fourth-order valence-corrected chi connectivity index (χ4v) is 2.92. The zero-order chi connectivity index (χ0) is 16.8. The van der Waals surface area contributed by atoms with Gasteiger partial charge in [-0.15, -0.1) is 0 Å². The molecule has 0 aliphatic heterocycles. The van der Waals surface area contributed by atoms with Crippen LogP contribution in [0.3, 0.4) is 0 Å². The van der Waals surface area contributed by atoms with Crippen molar-refractivity contribution in [3.8, 4) is 11.3 Å². The fourth-order valence-electron chi connectivity index (χ4n) is 2.62. The number of carbonyl (C=O) groups is 1. The molecule has 7 heteroatoms. The van der Waals surface area contributed by atoms with Crippen molar-refractivity contribution < 1.29 is 9.53 Å². The molecule has 1 aliphatic carbocycles. The summed E-state index contributed by atoms with van der Waals surface area (Å²) in [5.41, 5.74) is 3.28. The monoisotopic (exact) mass is 361 g/mol. The van der Waals surface area contributed by atoms with E-state index in [2.05, 4.69) is 10.1 Å². The van der Waals surface area contributed by atoms with E-state index in [1.165, 1.54) is 7.11 Å². The summed E-state index contributed by atoms with van der Waals surface area (Å²) in [5, 5.41) is 5.42. The second-order valence-corrected chi connectivity index (χ2v) is 6.57. The van der Waals surface area contributed by atoms with Crippen molar-refractivity contribution in [3.63, 3.8) is 0 Å². The third kappa shape index (κ3) is 2.64. The van der Waals surface area contributed by atoms with Crippen molar-refractivity contribution in [1.82, 2.24) is 14.6 Å². The number of ether oxygens (including phenoxy) is 1. The van der Waals surface area contributed by atoms with E-state index in [1.54, 1.807) is 22.7 Å². The average Bonchev–Trinajstić information content (AvgIpc) is 3.35. The summed E-state index contributed by atoms with van der Waals surface area (Å²) in [5.74, 6) is -0.000203. The normalized spacial score (nSPS) is 14.1. The highest BCUT2D eigenvalue weighted by molar-refractivity contribution is 6.42. The summed E-state index contributed by atoms with van der Waals surface area (Å²) in [6.45, 7) is 0. The van der Waals surface area contributed by atoms with Crippen LogP contribution in [0.5, 0.6) is 0 Å². The summed E-state index contributed by atoms with van der Waals surface area (Å²) < 4.78 is 6.43. The lowest BCUT2D eigenvalue weighted by molar-refractivity contribution is 0.0590. The standard InChI is InChI=1S/C17H13Cl2N3O2/c1-24-17(23)15-7-13(10-4-5-11(18)12(19)6-10)20-16-8-14(9-2-3-9)21-22(15)16/h4-9H,2-3H2,1H3. The zero-order valence-electron chi connectivity index (χ0n) is 12.8. The van der Waals surface area contributed by atoms with Crippen LogP contribution >= 0.6 is 23.2 Å². The molecule has 122 valence electrons. The van der Waals surface area contributed by atoms with Gasteiger partial charge in [-0.25, -0.2) is 14.3 Å². The molecule has 1 fully saturated rings. The Morgan fingerprint density at radius 2 is 2.00 bits per heavy atom. The molecule has 0 N–H and O–H groups in total. The lowest BCUT2D eigenvalue weighted by Crippen LogP contribution is -2.10. The predicted molar refractivity (Wildman–Crippen MR) is 91.8 cm³/mol. The minimum atomic E-state index is -0.464. The molecule has 3 aromatic rings. The molecule has 2 aromatic heterocycles. The Labute approximate surface area is 148 Å². The minimum absolute atomic E-state index is 0.329. The zero-order valence-corrected chi connectivity index (χ0v) is 14.3. The predicted octanol–water partition coefficient (Wildman–Crippen LogP) is 4.37. The maximum Gasteiger partial charge on any atom is 0.356 e. The number of halogens is 2. The summed E-state index contributed by atoms with van der Waals surface area (Å²) >= 11 is 12.1. The second-order valence-electron chi connectivity index (χ2n) is 5.76. The lowest BCUT2D eigenvalue weighted by Gasteiger charge is -2.07. The van der Waals surface area contributed by atoms with E-state index in [1.807, 2.05) is 12.1 Å². The van der Waals surface area contributed by atoms with Gasteiger partial charge in [-0.3, -0.25) is 0 Å². The highest BCUT2D eigenvalue weighted by Crippen LogP contribution is 2.39. The molecule has 0 radical (unpaired) electrons. The first-order valence-corrected chi connectivity index (χ1v) is 8.27. The Morgan fingerprint density at radius 3 is 2.67 bits per heavy atom. The molecule has 0 saturated heterocycles. The SMILES string of the molecule is COC(=O)c1cc(-c2ccc(Cl)c(Cl)c2)nc2cc(C3CC3)nn12. The maximum absolute atomic E-state index is 12.2. The molecule has 0 unspecified atom stereocenters. The Morgan fingerprint density at radius 1 is 1.21 bits per heavy atom. The van der Waals surface area contributed by atoms with Crippen molar-refractivity contribution in [3.05, 3.63) is 51.8 Å². The Hall–Kier alpha value is -2.11.